The number of thiophene rings is 2. The Morgan fingerprint density at radius 1 is 1.14 bits per heavy atom. The van der Waals surface area contributed by atoms with Gasteiger partial charge in [-0.15, -0.1) is 34.0 Å². The zero-order valence-electron chi connectivity index (χ0n) is 18.9. The summed E-state index contributed by atoms with van der Waals surface area (Å²) in [6.07, 6.45) is 1.60. The van der Waals surface area contributed by atoms with E-state index >= 15 is 0 Å². The summed E-state index contributed by atoms with van der Waals surface area (Å²) in [5.41, 5.74) is 1.80. The molecule has 0 aromatic carbocycles. The number of oxime groups is 1. The summed E-state index contributed by atoms with van der Waals surface area (Å²) in [4.78, 5) is 34.6. The standard InChI is InChI=1S/C11H11N3O2S2.C11H9N3OS2/c1-7-6-17-11(13-7)4-9(15)14-10-3-2-8(18-10)5-12-16;1-6-10(9-4-3-8(5-12)16-9)17-11(13-6)14-7(2)15/h2-3,5-6,16H,4H2,1H3,(H,14,15);3-4H,1-2H3,(H,13,14,15)/i13+1,14+1;12+1,13+1,14+1. The molecule has 9 nitrogen and oxygen atoms in total. The monoisotopic (exact) mass is 549 g/mol. The quantitative estimate of drug-likeness (QED) is 0.125. The third-order valence-corrected chi connectivity index (χ3v) is 8.22. The molecule has 4 aromatic rings. The maximum absolute atomic E-state index is 11.7. The number of hydrogen-bond acceptors (Lipinski definition) is 11. The molecule has 3 N–H and O–H groups in total. The molecule has 0 aliphatic rings. The van der Waals surface area contributed by atoms with Gasteiger partial charge in [0.15, 0.2) is 5.13 Å². The van der Waals surface area contributed by atoms with E-state index in [1.54, 1.807) is 18.2 Å². The molecule has 0 saturated carbocycles. The van der Waals surface area contributed by atoms with Gasteiger partial charge in [0, 0.05) is 22.9 Å². The molecular formula is C22H20N6O3S4. The van der Waals surface area contributed by atoms with Gasteiger partial charge in [0.25, 0.3) is 0 Å². The Morgan fingerprint density at radius 3 is 2.57 bits per heavy atom. The van der Waals surface area contributed by atoms with Gasteiger partial charge in [-0.05, 0) is 38.1 Å². The lowest BCUT2D eigenvalue weighted by atomic mass is 10.3. The van der Waals surface area contributed by atoms with Gasteiger partial charge < -0.3 is 15.8 Å². The van der Waals surface area contributed by atoms with E-state index < -0.39 is 0 Å². The first-order chi connectivity index (χ1) is 16.8. The fourth-order valence-corrected chi connectivity index (χ4v) is 6.24. The number of thiazole rings is 2. The highest BCUT2D eigenvalue weighted by atomic mass is 32.1. The highest BCUT2D eigenvalue weighted by Gasteiger charge is 2.12. The molecule has 0 radical (unpaired) electrons. The SMILES string of the molecule is CC(=O)[15NH]c1[15n]c(C)c(-c2ccc(C#[15N])s2)s1.Cc1csc(CC(=O)[15NH]c2ccc(C=NO)s2)[15n]1. The van der Waals surface area contributed by atoms with E-state index in [0.717, 1.165) is 36.0 Å². The van der Waals surface area contributed by atoms with E-state index in [0.29, 0.717) is 10.0 Å². The van der Waals surface area contributed by atoms with E-state index in [-0.39, 0.29) is 18.2 Å². The van der Waals surface area contributed by atoms with E-state index in [4.69, 9.17) is 10.5 Å². The zero-order valence-corrected chi connectivity index (χ0v) is 22.1. The highest BCUT2D eigenvalue weighted by Crippen LogP contribution is 2.36. The largest absolute Gasteiger partial charge is 0.411 e. The Morgan fingerprint density at radius 2 is 1.94 bits per heavy atom. The van der Waals surface area contributed by atoms with Crippen molar-refractivity contribution in [3.8, 4) is 15.8 Å². The highest BCUT2D eigenvalue weighted by molar-refractivity contribution is 7.24. The lowest BCUT2D eigenvalue weighted by Crippen LogP contribution is -2.13. The predicted octanol–water partition coefficient (Wildman–Crippen LogP) is 5.51. The molecule has 35 heavy (non-hydrogen) atoms. The molecule has 4 heterocycles. The number of amides is 2. The van der Waals surface area contributed by atoms with E-state index in [9.17, 15) is 9.59 Å². The molecule has 0 saturated heterocycles. The number of aryl methyl sites for hydroxylation is 2. The second-order valence-electron chi connectivity index (χ2n) is 6.94. The first-order valence-corrected chi connectivity index (χ1v) is 13.3. The van der Waals surface area contributed by atoms with Crippen LogP contribution in [0.25, 0.3) is 9.75 Å². The molecule has 0 unspecified atom stereocenters. The molecule has 4 rings (SSSR count). The lowest BCUT2D eigenvalue weighted by Gasteiger charge is -1.99. The minimum Gasteiger partial charge on any atom is -0.411 e. The van der Waals surface area contributed by atoms with Crippen LogP contribution in [0.1, 0.15) is 33.1 Å². The van der Waals surface area contributed by atoms with Crippen molar-refractivity contribution >= 4 is 73.5 Å². The smallest absolute Gasteiger partial charge is 0.231 e. The summed E-state index contributed by atoms with van der Waals surface area (Å²) in [6.45, 7) is 5.25. The minimum atomic E-state index is -0.130. The molecule has 4 aromatic heterocycles. The number of nitriles is 1. The second kappa shape index (κ2) is 12.3. The summed E-state index contributed by atoms with van der Waals surface area (Å²) < 4.78 is 0. The number of nitrogens with zero attached hydrogens (tertiary/aromatic N) is 4. The van der Waals surface area contributed by atoms with Gasteiger partial charge >= 0.3 is 0 Å². The number of hydrogen-bond donors (Lipinski definition) is 3. The van der Waals surface area contributed by atoms with Crippen molar-refractivity contribution in [2.45, 2.75) is 27.2 Å². The van der Waals surface area contributed by atoms with Crippen LogP contribution in [0.3, 0.4) is 0 Å². The number of anilines is 2. The van der Waals surface area contributed by atoms with Crippen molar-refractivity contribution in [2.75, 3.05) is 10.6 Å². The summed E-state index contributed by atoms with van der Waals surface area (Å²) >= 11 is 5.67. The van der Waals surface area contributed by atoms with Gasteiger partial charge in [0.1, 0.15) is 16.0 Å². The summed E-state index contributed by atoms with van der Waals surface area (Å²) in [5.74, 6) is -0.229. The maximum Gasteiger partial charge on any atom is 0.231 e. The Hall–Kier alpha value is -3.44. The van der Waals surface area contributed by atoms with Crippen LogP contribution in [-0.4, -0.2) is 33.2 Å². The number of carbonyl (C=O) groups is 2. The molecule has 180 valence electrons. The maximum atomic E-state index is 11.7. The van der Waals surface area contributed by atoms with E-state index in [1.807, 2.05) is 25.3 Å². The van der Waals surface area contributed by atoms with Crippen molar-refractivity contribution in [1.82, 2.24) is 9.97 Å². The van der Waals surface area contributed by atoms with Crippen molar-refractivity contribution in [2.24, 2.45) is 5.16 Å². The first-order valence-electron chi connectivity index (χ1n) is 10.0. The van der Waals surface area contributed by atoms with Crippen LogP contribution in [0.5, 0.6) is 0 Å². The number of rotatable bonds is 6. The van der Waals surface area contributed by atoms with Crippen molar-refractivity contribution in [3.05, 3.63) is 55.8 Å². The first kappa shape index (κ1) is 26.2. The third-order valence-electron chi connectivity index (χ3n) is 4.07. The number of nitrogens with one attached hydrogen (secondary N) is 2. The molecule has 13 heteroatoms. The van der Waals surface area contributed by atoms with E-state index in [2.05, 4.69) is 31.8 Å². The van der Waals surface area contributed by atoms with Gasteiger partial charge in [-0.1, -0.05) is 16.5 Å². The Kier molecular flexibility index (Phi) is 9.21. The molecular weight excluding hydrogens is 530 g/mol. The number of aromatic nitrogens is 2. The molecule has 0 atom stereocenters. The van der Waals surface area contributed by atoms with Crippen LogP contribution in [0.4, 0.5) is 10.1 Å². The van der Waals surface area contributed by atoms with Crippen LogP contribution < -0.4 is 10.6 Å². The summed E-state index contributed by atoms with van der Waals surface area (Å²) in [7, 11) is 0. The van der Waals surface area contributed by atoms with Crippen LogP contribution >= 0.6 is 45.3 Å². The van der Waals surface area contributed by atoms with Crippen LogP contribution in [0, 0.1) is 25.2 Å². The van der Waals surface area contributed by atoms with Gasteiger partial charge in [0.2, 0.25) is 11.8 Å². The Balaban J connectivity index is 0.000000196. The van der Waals surface area contributed by atoms with Gasteiger partial charge in [0.05, 0.1) is 33.1 Å². The van der Waals surface area contributed by atoms with Gasteiger partial charge in [-0.2, -0.15) is 5.26 Å². The Bertz CT molecular complexity index is 1390. The van der Waals surface area contributed by atoms with Crippen LogP contribution in [-0.2, 0) is 16.0 Å². The molecule has 0 aliphatic heterocycles. The Labute approximate surface area is 217 Å². The average Bonchev–Trinajstić information content (AvgIpc) is 3.58. The van der Waals surface area contributed by atoms with Gasteiger partial charge in [-0.3, -0.25) is 9.59 Å². The fraction of sp³-hybridized carbons (Fsp3) is 0.182. The van der Waals surface area contributed by atoms with Crippen LogP contribution in [0.2, 0.25) is 0 Å². The minimum absolute atomic E-state index is 0.0984. The van der Waals surface area contributed by atoms with Crippen LogP contribution in [0.15, 0.2) is 34.8 Å². The fourth-order valence-electron chi connectivity index (χ4n) is 2.70. The van der Waals surface area contributed by atoms with Gasteiger partial charge in [-0.25, -0.2) is 9.97 Å². The predicted molar refractivity (Wildman–Crippen MR) is 142 cm³/mol. The van der Waals surface area contributed by atoms with Crippen molar-refractivity contribution in [1.29, 1.82) is 5.26 Å². The van der Waals surface area contributed by atoms with Crippen molar-refractivity contribution in [3.63, 3.8) is 0 Å². The molecule has 0 fully saturated rings. The third kappa shape index (κ3) is 7.79. The molecule has 2 amide bonds. The van der Waals surface area contributed by atoms with Crippen molar-refractivity contribution < 1.29 is 14.8 Å². The zero-order chi connectivity index (χ0) is 25.4. The average molecular weight is 550 g/mol. The summed E-state index contributed by atoms with van der Waals surface area (Å²) in [6, 6.07) is 9.34. The normalized spacial score (nSPS) is 10.5. The lowest BCUT2D eigenvalue weighted by molar-refractivity contribution is -0.116. The molecule has 0 aliphatic carbocycles. The second-order valence-corrected chi connectivity index (χ2v) is 11.1. The molecule has 0 bridgehead atoms. The van der Waals surface area contributed by atoms with E-state index in [1.165, 1.54) is 58.5 Å². The topological polar surface area (TPSA) is 140 Å². The summed E-state index contributed by atoms with van der Waals surface area (Å²) in [5, 5.41) is 29.6. The number of carbonyl (C=O) groups excluding carboxylic acids is 2. The molecule has 0 spiro atoms.